The van der Waals surface area contributed by atoms with E-state index in [0.717, 1.165) is 29.0 Å². The van der Waals surface area contributed by atoms with Crippen LogP contribution in [0.5, 0.6) is 0 Å². The average molecular weight is 345 g/mol. The lowest BCUT2D eigenvalue weighted by Crippen LogP contribution is -2.28. The SMILES string of the molecule is O=c1c2ccccc2nc2n1CCc1c-2n(CCCO)c2ccccc12. The number of hydrogen-bond acceptors (Lipinski definition) is 3. The van der Waals surface area contributed by atoms with Gasteiger partial charge in [-0.15, -0.1) is 0 Å². The second-order valence-electron chi connectivity index (χ2n) is 6.73. The number of aliphatic hydroxyl groups is 1. The number of nitrogens with zero attached hydrogens (tertiary/aromatic N) is 3. The van der Waals surface area contributed by atoms with E-state index in [1.165, 1.54) is 10.9 Å². The molecular weight excluding hydrogens is 326 g/mol. The van der Waals surface area contributed by atoms with Crippen molar-refractivity contribution in [2.75, 3.05) is 6.61 Å². The normalized spacial score (nSPS) is 13.1. The number of benzene rings is 2. The van der Waals surface area contributed by atoms with E-state index < -0.39 is 0 Å². The minimum Gasteiger partial charge on any atom is -0.396 e. The van der Waals surface area contributed by atoms with Crippen molar-refractivity contribution >= 4 is 21.8 Å². The molecule has 0 spiro atoms. The van der Waals surface area contributed by atoms with Gasteiger partial charge in [0.05, 0.1) is 16.6 Å². The zero-order valence-electron chi connectivity index (χ0n) is 14.4. The molecule has 5 rings (SSSR count). The van der Waals surface area contributed by atoms with Gasteiger partial charge in [-0.25, -0.2) is 4.98 Å². The third-order valence-electron chi connectivity index (χ3n) is 5.27. The van der Waals surface area contributed by atoms with Gasteiger partial charge < -0.3 is 9.67 Å². The lowest BCUT2D eigenvalue weighted by molar-refractivity contribution is 0.280. The van der Waals surface area contributed by atoms with Gasteiger partial charge >= 0.3 is 0 Å². The van der Waals surface area contributed by atoms with Crippen LogP contribution in [0.1, 0.15) is 12.0 Å². The molecule has 0 saturated carbocycles. The maximum Gasteiger partial charge on any atom is 0.261 e. The van der Waals surface area contributed by atoms with Crippen molar-refractivity contribution in [3.8, 4) is 11.5 Å². The summed E-state index contributed by atoms with van der Waals surface area (Å²) in [5.74, 6) is 0.740. The van der Waals surface area contributed by atoms with Gasteiger partial charge in [0.25, 0.3) is 5.56 Å². The Hall–Kier alpha value is -2.92. The Bertz CT molecular complexity index is 1200. The van der Waals surface area contributed by atoms with Gasteiger partial charge in [-0.1, -0.05) is 30.3 Å². The molecule has 0 unspecified atom stereocenters. The van der Waals surface area contributed by atoms with Crippen molar-refractivity contribution in [1.29, 1.82) is 0 Å². The lowest BCUT2D eigenvalue weighted by atomic mass is 10.0. The topological polar surface area (TPSA) is 60.0 Å². The standard InChI is InChI=1S/C21H19N3O2/c25-13-5-11-23-18-9-4-2-6-14(18)15-10-12-24-20(19(15)23)22-17-8-3-1-7-16(17)21(24)26/h1-4,6-9,25H,5,10-13H2. The Kier molecular flexibility index (Phi) is 3.43. The van der Waals surface area contributed by atoms with Crippen molar-refractivity contribution < 1.29 is 5.11 Å². The van der Waals surface area contributed by atoms with Crippen LogP contribution in [0.3, 0.4) is 0 Å². The summed E-state index contributed by atoms with van der Waals surface area (Å²) < 4.78 is 4.02. The molecule has 0 radical (unpaired) electrons. The minimum absolute atomic E-state index is 0.0233. The summed E-state index contributed by atoms with van der Waals surface area (Å²) in [4.78, 5) is 17.9. The number of rotatable bonds is 3. The Labute approximate surface area is 150 Å². The third-order valence-corrected chi connectivity index (χ3v) is 5.27. The van der Waals surface area contributed by atoms with Crippen molar-refractivity contribution in [1.82, 2.24) is 14.1 Å². The predicted molar refractivity (Wildman–Crippen MR) is 102 cm³/mol. The Morgan fingerprint density at radius 2 is 1.81 bits per heavy atom. The van der Waals surface area contributed by atoms with E-state index in [0.29, 0.717) is 24.9 Å². The molecule has 0 atom stereocenters. The molecule has 130 valence electrons. The highest BCUT2D eigenvalue weighted by Crippen LogP contribution is 2.36. The summed E-state index contributed by atoms with van der Waals surface area (Å²) in [7, 11) is 0. The van der Waals surface area contributed by atoms with Crippen molar-refractivity contribution in [2.24, 2.45) is 0 Å². The van der Waals surface area contributed by atoms with Gasteiger partial charge in [-0.05, 0) is 36.6 Å². The first kappa shape index (κ1) is 15.3. The largest absolute Gasteiger partial charge is 0.396 e. The summed E-state index contributed by atoms with van der Waals surface area (Å²) in [6.07, 6.45) is 1.48. The first-order valence-corrected chi connectivity index (χ1v) is 9.00. The smallest absolute Gasteiger partial charge is 0.261 e. The van der Waals surface area contributed by atoms with Crippen LogP contribution in [0.25, 0.3) is 33.3 Å². The molecule has 0 aliphatic carbocycles. The molecule has 1 N–H and O–H groups in total. The average Bonchev–Trinajstić information content (AvgIpc) is 3.01. The Morgan fingerprint density at radius 3 is 2.65 bits per heavy atom. The molecule has 4 aromatic rings. The Morgan fingerprint density at radius 1 is 1.04 bits per heavy atom. The maximum absolute atomic E-state index is 13.0. The maximum atomic E-state index is 13.0. The monoisotopic (exact) mass is 345 g/mol. The molecule has 26 heavy (non-hydrogen) atoms. The summed E-state index contributed by atoms with van der Waals surface area (Å²) >= 11 is 0. The number of aryl methyl sites for hydroxylation is 2. The van der Waals surface area contributed by atoms with Crippen LogP contribution in [0, 0.1) is 0 Å². The fourth-order valence-corrected chi connectivity index (χ4v) is 4.12. The van der Waals surface area contributed by atoms with Gasteiger partial charge in [0, 0.05) is 30.6 Å². The van der Waals surface area contributed by atoms with E-state index >= 15 is 0 Å². The van der Waals surface area contributed by atoms with Crippen LogP contribution in [0.2, 0.25) is 0 Å². The first-order chi connectivity index (χ1) is 12.8. The van der Waals surface area contributed by atoms with Crippen LogP contribution in [-0.4, -0.2) is 25.8 Å². The fraction of sp³-hybridized carbons (Fsp3) is 0.238. The van der Waals surface area contributed by atoms with E-state index in [-0.39, 0.29) is 12.2 Å². The quantitative estimate of drug-likeness (QED) is 0.621. The number of aliphatic hydroxyl groups excluding tert-OH is 1. The number of para-hydroxylation sites is 2. The zero-order chi connectivity index (χ0) is 17.7. The lowest BCUT2D eigenvalue weighted by Gasteiger charge is -2.21. The van der Waals surface area contributed by atoms with Crippen LogP contribution in [0.4, 0.5) is 0 Å². The highest BCUT2D eigenvalue weighted by atomic mass is 16.3. The number of hydrogen-bond donors (Lipinski definition) is 1. The van der Waals surface area contributed by atoms with Crippen LogP contribution >= 0.6 is 0 Å². The number of aromatic nitrogens is 3. The summed E-state index contributed by atoms with van der Waals surface area (Å²) in [5, 5.41) is 11.2. The van der Waals surface area contributed by atoms with E-state index in [4.69, 9.17) is 4.98 Å². The van der Waals surface area contributed by atoms with Gasteiger partial charge in [0.15, 0.2) is 5.82 Å². The summed E-state index contributed by atoms with van der Waals surface area (Å²) in [6.45, 7) is 1.49. The van der Waals surface area contributed by atoms with Gasteiger partial charge in [-0.3, -0.25) is 9.36 Å². The van der Waals surface area contributed by atoms with E-state index in [9.17, 15) is 9.90 Å². The molecule has 1 aliphatic heterocycles. The van der Waals surface area contributed by atoms with Crippen molar-refractivity contribution in [3.05, 3.63) is 64.4 Å². The van der Waals surface area contributed by atoms with Crippen molar-refractivity contribution in [3.63, 3.8) is 0 Å². The molecule has 5 heteroatoms. The van der Waals surface area contributed by atoms with Gasteiger partial charge in [0.1, 0.15) is 0 Å². The highest BCUT2D eigenvalue weighted by molar-refractivity contribution is 5.92. The fourth-order valence-electron chi connectivity index (χ4n) is 4.12. The molecular formula is C21H19N3O2. The molecule has 2 aromatic heterocycles. The van der Waals surface area contributed by atoms with Crippen LogP contribution < -0.4 is 5.56 Å². The molecule has 0 bridgehead atoms. The second kappa shape index (κ2) is 5.81. The first-order valence-electron chi connectivity index (χ1n) is 9.00. The highest BCUT2D eigenvalue weighted by Gasteiger charge is 2.26. The van der Waals surface area contributed by atoms with Crippen LogP contribution in [0.15, 0.2) is 53.3 Å². The third kappa shape index (κ3) is 2.07. The zero-order valence-corrected chi connectivity index (χ0v) is 14.4. The minimum atomic E-state index is 0.0233. The molecule has 2 aromatic carbocycles. The van der Waals surface area contributed by atoms with E-state index in [2.05, 4.69) is 22.8 Å². The Balaban J connectivity index is 1.88. The molecule has 0 fully saturated rings. The predicted octanol–water partition coefficient (Wildman–Crippen LogP) is 2.96. The molecule has 3 heterocycles. The summed E-state index contributed by atoms with van der Waals surface area (Å²) in [6, 6.07) is 15.9. The van der Waals surface area contributed by atoms with Gasteiger partial charge in [0.2, 0.25) is 0 Å². The van der Waals surface area contributed by atoms with E-state index in [1.807, 2.05) is 30.3 Å². The van der Waals surface area contributed by atoms with Crippen LogP contribution in [-0.2, 0) is 19.5 Å². The number of fused-ring (bicyclic) bond motifs is 6. The molecule has 1 aliphatic rings. The van der Waals surface area contributed by atoms with Gasteiger partial charge in [-0.2, -0.15) is 0 Å². The summed E-state index contributed by atoms with van der Waals surface area (Å²) in [5.41, 5.74) is 4.17. The molecule has 5 nitrogen and oxygen atoms in total. The second-order valence-corrected chi connectivity index (χ2v) is 6.73. The van der Waals surface area contributed by atoms with Crippen molar-refractivity contribution in [2.45, 2.75) is 25.9 Å². The molecule has 0 amide bonds. The van der Waals surface area contributed by atoms with E-state index in [1.54, 1.807) is 4.57 Å². The molecule has 0 saturated heterocycles.